The number of esters is 2. The van der Waals surface area contributed by atoms with Gasteiger partial charge in [-0.15, -0.1) is 0 Å². The van der Waals surface area contributed by atoms with E-state index in [1.807, 2.05) is 13.8 Å². The first-order chi connectivity index (χ1) is 24.8. The Morgan fingerprint density at radius 2 is 1.27 bits per heavy atom. The molecule has 0 spiro atoms. The fourth-order valence-electron chi connectivity index (χ4n) is 10.1. The van der Waals surface area contributed by atoms with Crippen molar-refractivity contribution in [1.29, 1.82) is 0 Å². The predicted molar refractivity (Wildman–Crippen MR) is 211 cm³/mol. The number of aliphatic hydroxyl groups is 3. The summed E-state index contributed by atoms with van der Waals surface area (Å²) in [6.07, 6.45) is 20.2. The Bertz CT molecular complexity index is 1300. The first-order valence-electron chi connectivity index (χ1n) is 20.3. The van der Waals surface area contributed by atoms with E-state index in [0.717, 1.165) is 49.2 Å². The standard InChI is InChI=1S/C42H66Br2O8/c1-29-25-33-40(49,37(29)48)27-31(28-45)26-32-36-39(3,4)42(36,52-35(47)22-18-14-10-6-8-12-16-20-24-44)38(30(2)41(32,33)50)51-34(46)21-17-13-9-5-7-11-15-19-23-43/h25-26,30,32-33,36,38,45,49-50H,5-24,27-28H2,1-4H3/t30-,32+,33-,36-,38-,40-,41-,42-/m1/s1. The number of carbonyl (C=O) groups excluding carboxylic acids is 3. The molecule has 0 saturated heterocycles. The zero-order valence-electron chi connectivity index (χ0n) is 32.2. The number of rotatable bonds is 23. The van der Waals surface area contributed by atoms with Crippen molar-refractivity contribution < 1.29 is 39.2 Å². The number of hydrogen-bond acceptors (Lipinski definition) is 8. The summed E-state index contributed by atoms with van der Waals surface area (Å²) in [5, 5.41) is 37.5. The summed E-state index contributed by atoms with van der Waals surface area (Å²) in [6.45, 7) is 7.03. The smallest absolute Gasteiger partial charge is 0.306 e. The second-order valence-corrected chi connectivity index (χ2v) is 18.4. The Hall–Kier alpha value is -1.07. The van der Waals surface area contributed by atoms with Crippen LogP contribution in [0.2, 0.25) is 0 Å². The van der Waals surface area contributed by atoms with Gasteiger partial charge in [0.1, 0.15) is 11.7 Å². The molecular formula is C42H66Br2O8. The fraction of sp³-hybridized carbons (Fsp3) is 0.833. The molecule has 3 N–H and O–H groups in total. The molecule has 0 aromatic heterocycles. The van der Waals surface area contributed by atoms with Crippen LogP contribution in [0.25, 0.3) is 0 Å². The Kier molecular flexibility index (Phi) is 16.1. The van der Waals surface area contributed by atoms with E-state index >= 15 is 0 Å². The predicted octanol–water partition coefficient (Wildman–Crippen LogP) is 8.84. The van der Waals surface area contributed by atoms with Crippen LogP contribution in [0.4, 0.5) is 0 Å². The van der Waals surface area contributed by atoms with Crippen LogP contribution < -0.4 is 0 Å². The number of ether oxygens (including phenoxy) is 2. The van der Waals surface area contributed by atoms with Crippen LogP contribution >= 0.6 is 31.9 Å². The molecule has 0 aromatic carbocycles. The molecule has 296 valence electrons. The highest BCUT2D eigenvalue weighted by molar-refractivity contribution is 9.09. The van der Waals surface area contributed by atoms with Crippen LogP contribution in [-0.4, -0.2) is 73.2 Å². The molecule has 0 aromatic rings. The van der Waals surface area contributed by atoms with E-state index in [4.69, 9.17) is 9.47 Å². The maximum absolute atomic E-state index is 13.7. The lowest BCUT2D eigenvalue weighted by atomic mass is 9.59. The Labute approximate surface area is 329 Å². The lowest BCUT2D eigenvalue weighted by Gasteiger charge is -2.53. The van der Waals surface area contributed by atoms with Gasteiger partial charge in [0.05, 0.1) is 12.2 Å². The van der Waals surface area contributed by atoms with Crippen molar-refractivity contribution in [2.75, 3.05) is 17.3 Å². The van der Waals surface area contributed by atoms with Gasteiger partial charge in [-0.05, 0) is 43.8 Å². The minimum atomic E-state index is -1.94. The monoisotopic (exact) mass is 856 g/mol. The summed E-state index contributed by atoms with van der Waals surface area (Å²) in [7, 11) is 0. The van der Waals surface area contributed by atoms with Crippen molar-refractivity contribution in [3.05, 3.63) is 23.3 Å². The van der Waals surface area contributed by atoms with Gasteiger partial charge in [0, 0.05) is 59.0 Å². The van der Waals surface area contributed by atoms with Crippen molar-refractivity contribution in [2.24, 2.45) is 29.1 Å². The van der Waals surface area contributed by atoms with Gasteiger partial charge in [-0.25, -0.2) is 0 Å². The molecule has 8 atom stereocenters. The number of unbranched alkanes of at least 4 members (excludes halogenated alkanes) is 14. The van der Waals surface area contributed by atoms with Crippen molar-refractivity contribution in [3.8, 4) is 0 Å². The second kappa shape index (κ2) is 19.2. The third kappa shape index (κ3) is 8.97. The number of aliphatic hydroxyl groups excluding tert-OH is 1. The molecule has 4 rings (SSSR count). The van der Waals surface area contributed by atoms with Crippen molar-refractivity contribution in [2.45, 2.75) is 173 Å². The van der Waals surface area contributed by atoms with Gasteiger partial charge in [-0.1, -0.05) is 142 Å². The van der Waals surface area contributed by atoms with Gasteiger partial charge < -0.3 is 24.8 Å². The molecule has 52 heavy (non-hydrogen) atoms. The van der Waals surface area contributed by atoms with Crippen LogP contribution in [0.3, 0.4) is 0 Å². The van der Waals surface area contributed by atoms with Gasteiger partial charge >= 0.3 is 11.9 Å². The minimum absolute atomic E-state index is 0.107. The molecule has 10 heteroatoms. The van der Waals surface area contributed by atoms with E-state index in [0.29, 0.717) is 24.0 Å². The molecule has 2 fully saturated rings. The molecule has 4 aliphatic rings. The molecule has 0 amide bonds. The first-order valence-corrected chi connectivity index (χ1v) is 22.5. The van der Waals surface area contributed by atoms with Gasteiger partial charge in [0.25, 0.3) is 0 Å². The van der Waals surface area contributed by atoms with Crippen LogP contribution in [0, 0.1) is 29.1 Å². The first kappa shape index (κ1) is 43.7. The Morgan fingerprint density at radius 1 is 0.788 bits per heavy atom. The van der Waals surface area contributed by atoms with Crippen molar-refractivity contribution in [3.63, 3.8) is 0 Å². The number of hydrogen-bond donors (Lipinski definition) is 3. The molecule has 0 heterocycles. The SMILES string of the molecule is CC1=C[C@H]2[C@@]3(O)[C@H](C)[C@@H](OC(=O)CCCCCCCCCCBr)[C@]4(OC(=O)CCCCCCCCCCBr)[C@H]([C@@H]3C=C(CO)C[C@]2(O)C1=O)C4(C)C. The number of halogens is 2. The molecule has 8 nitrogen and oxygen atoms in total. The lowest BCUT2D eigenvalue weighted by Crippen LogP contribution is -2.66. The maximum atomic E-state index is 13.7. The fourth-order valence-corrected chi connectivity index (χ4v) is 10.9. The third-order valence-corrected chi connectivity index (χ3v) is 14.1. The van der Waals surface area contributed by atoms with Crippen LogP contribution in [-0.2, 0) is 23.9 Å². The highest BCUT2D eigenvalue weighted by Crippen LogP contribution is 2.77. The van der Waals surface area contributed by atoms with E-state index in [1.165, 1.54) is 51.4 Å². The summed E-state index contributed by atoms with van der Waals surface area (Å²) < 4.78 is 12.9. The molecule has 0 bridgehead atoms. The Balaban J connectivity index is 1.53. The van der Waals surface area contributed by atoms with E-state index in [1.54, 1.807) is 26.0 Å². The van der Waals surface area contributed by atoms with Crippen molar-refractivity contribution >= 4 is 49.6 Å². The number of Topliss-reactive ketones (excluding diaryl/α,β-unsaturated/α-hetero) is 1. The summed E-state index contributed by atoms with van der Waals surface area (Å²) in [5.74, 6) is -4.15. The molecule has 0 aliphatic heterocycles. The van der Waals surface area contributed by atoms with E-state index in [-0.39, 0.29) is 31.8 Å². The van der Waals surface area contributed by atoms with E-state index in [2.05, 4.69) is 31.9 Å². The van der Waals surface area contributed by atoms with Crippen LogP contribution in [0.5, 0.6) is 0 Å². The van der Waals surface area contributed by atoms with Crippen molar-refractivity contribution in [1.82, 2.24) is 0 Å². The highest BCUT2D eigenvalue weighted by Gasteiger charge is 2.87. The van der Waals surface area contributed by atoms with Crippen LogP contribution in [0.1, 0.15) is 150 Å². The quantitative estimate of drug-likeness (QED) is 0.0403. The van der Waals surface area contributed by atoms with Gasteiger partial charge in [-0.3, -0.25) is 14.4 Å². The molecule has 0 unspecified atom stereocenters. The largest absolute Gasteiger partial charge is 0.458 e. The third-order valence-electron chi connectivity index (χ3n) is 13.0. The maximum Gasteiger partial charge on any atom is 0.306 e. The second-order valence-electron chi connectivity index (χ2n) is 16.9. The average Bonchev–Trinajstić information content (AvgIpc) is 3.53. The van der Waals surface area contributed by atoms with Gasteiger partial charge in [0.2, 0.25) is 0 Å². The van der Waals surface area contributed by atoms with Crippen LogP contribution in [0.15, 0.2) is 23.3 Å². The molecule has 2 saturated carbocycles. The molecule has 4 aliphatic carbocycles. The summed E-state index contributed by atoms with van der Waals surface area (Å²) in [4.78, 5) is 40.8. The highest BCUT2D eigenvalue weighted by atomic mass is 79.9. The number of ketones is 1. The minimum Gasteiger partial charge on any atom is -0.458 e. The zero-order chi connectivity index (χ0) is 38.2. The summed E-state index contributed by atoms with van der Waals surface area (Å²) >= 11 is 6.97. The Morgan fingerprint density at radius 3 is 1.77 bits per heavy atom. The lowest BCUT2D eigenvalue weighted by molar-refractivity contribution is -0.229. The summed E-state index contributed by atoms with van der Waals surface area (Å²) in [5.41, 5.74) is -4.75. The zero-order valence-corrected chi connectivity index (χ0v) is 35.4. The topological polar surface area (TPSA) is 130 Å². The van der Waals surface area contributed by atoms with E-state index < -0.39 is 63.7 Å². The molecule has 0 radical (unpaired) electrons. The molecular weight excluding hydrogens is 792 g/mol. The number of alkyl halides is 2. The van der Waals surface area contributed by atoms with Gasteiger partial charge in [0.15, 0.2) is 11.4 Å². The van der Waals surface area contributed by atoms with E-state index in [9.17, 15) is 29.7 Å². The average molecular weight is 859 g/mol. The normalized spacial score (nSPS) is 32.9. The van der Waals surface area contributed by atoms with Gasteiger partial charge in [-0.2, -0.15) is 0 Å². The summed E-state index contributed by atoms with van der Waals surface area (Å²) in [6, 6.07) is 0. The number of carbonyl (C=O) groups is 3. The number of fused-ring (bicyclic) bond motifs is 5.